The average molecular weight is 402 g/mol. The summed E-state index contributed by atoms with van der Waals surface area (Å²) in [6.45, 7) is -0.181. The molecule has 27 heavy (non-hydrogen) atoms. The zero-order valence-corrected chi connectivity index (χ0v) is 15.3. The van der Waals surface area contributed by atoms with Crippen molar-refractivity contribution in [1.82, 2.24) is 9.97 Å². The van der Waals surface area contributed by atoms with Gasteiger partial charge >= 0.3 is 5.76 Å². The lowest BCUT2D eigenvalue weighted by molar-refractivity contribution is -0.118. The highest BCUT2D eigenvalue weighted by molar-refractivity contribution is 7.14. The summed E-state index contributed by atoms with van der Waals surface area (Å²) in [5.74, 6) is -0.412. The number of H-pyrrole nitrogens is 1. The Morgan fingerprint density at radius 1 is 1.30 bits per heavy atom. The van der Waals surface area contributed by atoms with E-state index in [9.17, 15) is 9.59 Å². The van der Waals surface area contributed by atoms with Gasteiger partial charge in [0.25, 0.3) is 5.91 Å². The van der Waals surface area contributed by atoms with Gasteiger partial charge in [-0.05, 0) is 24.3 Å². The van der Waals surface area contributed by atoms with Crippen LogP contribution in [0, 0.1) is 0 Å². The molecule has 0 atom stereocenters. The number of ether oxygens (including phenoxy) is 1. The number of aromatic amines is 1. The summed E-state index contributed by atoms with van der Waals surface area (Å²) in [6, 6.07) is 12.2. The molecule has 1 amide bonds. The Bertz CT molecular complexity index is 1180. The van der Waals surface area contributed by atoms with Crippen LogP contribution in [0.2, 0.25) is 5.02 Å². The summed E-state index contributed by atoms with van der Waals surface area (Å²) in [6.07, 6.45) is 0. The molecular formula is C18H12ClN3O4S. The Hall–Kier alpha value is -3.10. The van der Waals surface area contributed by atoms with Crippen LogP contribution >= 0.6 is 22.9 Å². The molecule has 0 saturated carbocycles. The fraction of sp³-hybridized carbons (Fsp3) is 0.0556. The van der Waals surface area contributed by atoms with Crippen molar-refractivity contribution < 1.29 is 13.9 Å². The Balaban J connectivity index is 1.43. The summed E-state index contributed by atoms with van der Waals surface area (Å²) in [5.41, 5.74) is 2.50. The predicted molar refractivity (Wildman–Crippen MR) is 104 cm³/mol. The van der Waals surface area contributed by atoms with E-state index >= 15 is 0 Å². The third-order valence-electron chi connectivity index (χ3n) is 3.66. The van der Waals surface area contributed by atoms with Gasteiger partial charge in [-0.1, -0.05) is 29.8 Å². The van der Waals surface area contributed by atoms with E-state index in [0.717, 1.165) is 5.56 Å². The van der Waals surface area contributed by atoms with Gasteiger partial charge in [-0.25, -0.2) is 9.78 Å². The molecular weight excluding hydrogens is 390 g/mol. The van der Waals surface area contributed by atoms with Crippen molar-refractivity contribution in [3.63, 3.8) is 0 Å². The van der Waals surface area contributed by atoms with Crippen LogP contribution in [0.15, 0.2) is 57.1 Å². The van der Waals surface area contributed by atoms with E-state index in [1.165, 1.54) is 11.3 Å². The van der Waals surface area contributed by atoms with Crippen molar-refractivity contribution in [2.45, 2.75) is 0 Å². The normalized spacial score (nSPS) is 10.9. The number of para-hydroxylation sites is 1. The molecule has 2 aromatic heterocycles. The number of halogens is 1. The Kier molecular flexibility index (Phi) is 4.66. The van der Waals surface area contributed by atoms with Crippen molar-refractivity contribution in [2.75, 3.05) is 11.9 Å². The molecule has 136 valence electrons. The summed E-state index contributed by atoms with van der Waals surface area (Å²) < 4.78 is 10.5. The number of anilines is 1. The number of fused-ring (bicyclic) bond motifs is 1. The van der Waals surface area contributed by atoms with Crippen LogP contribution in [-0.2, 0) is 4.79 Å². The average Bonchev–Trinajstić information content (AvgIpc) is 3.25. The number of aromatic nitrogens is 2. The van der Waals surface area contributed by atoms with Crippen LogP contribution in [0.3, 0.4) is 0 Å². The fourth-order valence-corrected chi connectivity index (χ4v) is 3.36. The number of rotatable bonds is 5. The largest absolute Gasteiger partial charge is 0.482 e. The topological polar surface area (TPSA) is 97.2 Å². The van der Waals surface area contributed by atoms with E-state index in [1.54, 1.807) is 41.8 Å². The molecule has 0 fully saturated rings. The van der Waals surface area contributed by atoms with Crippen molar-refractivity contribution in [3.8, 4) is 17.0 Å². The maximum atomic E-state index is 12.1. The highest BCUT2D eigenvalue weighted by atomic mass is 35.5. The first-order chi connectivity index (χ1) is 13.1. The number of hydrogen-bond donors (Lipinski definition) is 2. The molecule has 7 nitrogen and oxygen atoms in total. The van der Waals surface area contributed by atoms with Gasteiger partial charge in [-0.3, -0.25) is 15.1 Å². The molecule has 2 aromatic carbocycles. The van der Waals surface area contributed by atoms with Gasteiger partial charge in [0, 0.05) is 10.9 Å². The maximum Gasteiger partial charge on any atom is 0.417 e. The number of nitrogens with zero attached hydrogens (tertiary/aromatic N) is 1. The Morgan fingerprint density at radius 3 is 3.00 bits per heavy atom. The second-order valence-electron chi connectivity index (χ2n) is 5.53. The quantitative estimate of drug-likeness (QED) is 0.528. The van der Waals surface area contributed by atoms with Crippen LogP contribution in [0.4, 0.5) is 5.13 Å². The molecule has 0 saturated heterocycles. The first kappa shape index (κ1) is 17.3. The second-order valence-corrected chi connectivity index (χ2v) is 6.80. The lowest BCUT2D eigenvalue weighted by Gasteiger charge is -2.07. The molecule has 0 unspecified atom stereocenters. The lowest BCUT2D eigenvalue weighted by atomic mass is 10.1. The number of thiazole rings is 1. The van der Waals surface area contributed by atoms with E-state index < -0.39 is 5.76 Å². The van der Waals surface area contributed by atoms with Gasteiger partial charge < -0.3 is 9.15 Å². The van der Waals surface area contributed by atoms with Crippen LogP contribution in [0.25, 0.3) is 22.4 Å². The molecule has 0 aliphatic heterocycles. The first-order valence-corrected chi connectivity index (χ1v) is 9.10. The molecule has 2 heterocycles. The lowest BCUT2D eigenvalue weighted by Crippen LogP contribution is -2.20. The van der Waals surface area contributed by atoms with E-state index in [0.29, 0.717) is 32.7 Å². The molecule has 9 heteroatoms. The highest BCUT2D eigenvalue weighted by Gasteiger charge is 2.11. The van der Waals surface area contributed by atoms with Crippen LogP contribution in [0.1, 0.15) is 0 Å². The number of nitrogens with one attached hydrogen (secondary N) is 2. The zero-order valence-electron chi connectivity index (χ0n) is 13.7. The number of carbonyl (C=O) groups is 1. The van der Waals surface area contributed by atoms with E-state index in [4.69, 9.17) is 20.8 Å². The van der Waals surface area contributed by atoms with Gasteiger partial charge in [0.2, 0.25) is 0 Å². The Labute approximate surface area is 161 Å². The van der Waals surface area contributed by atoms with Gasteiger partial charge in [0.05, 0.1) is 16.2 Å². The SMILES string of the molecule is O=C(COc1ccccc1Cl)Nc1nc(-c2ccc3[nH]c(=O)oc3c2)cs1. The number of amides is 1. The minimum Gasteiger partial charge on any atom is -0.482 e. The van der Waals surface area contributed by atoms with Crippen LogP contribution in [0.5, 0.6) is 5.75 Å². The molecule has 4 rings (SSSR count). The molecule has 0 spiro atoms. The fourth-order valence-electron chi connectivity index (χ4n) is 2.43. The van der Waals surface area contributed by atoms with Gasteiger partial charge in [0.15, 0.2) is 17.3 Å². The van der Waals surface area contributed by atoms with Gasteiger partial charge in [-0.2, -0.15) is 0 Å². The number of hydrogen-bond acceptors (Lipinski definition) is 6. The molecule has 0 aliphatic rings. The summed E-state index contributed by atoms with van der Waals surface area (Å²) in [4.78, 5) is 30.3. The molecule has 0 bridgehead atoms. The van der Waals surface area contributed by atoms with Gasteiger partial charge in [-0.15, -0.1) is 11.3 Å². The van der Waals surface area contributed by atoms with Crippen molar-refractivity contribution >= 4 is 45.1 Å². The summed E-state index contributed by atoms with van der Waals surface area (Å²) in [7, 11) is 0. The standard InChI is InChI=1S/C18H12ClN3O4S/c19-11-3-1-2-4-14(11)25-8-16(23)22-17-20-13(9-27-17)10-5-6-12-15(7-10)26-18(24)21-12/h1-7,9H,8H2,(H,21,24)(H,20,22,23). The third-order valence-corrected chi connectivity index (χ3v) is 4.73. The van der Waals surface area contributed by atoms with Crippen molar-refractivity contribution in [2.24, 2.45) is 0 Å². The molecule has 0 aliphatic carbocycles. The monoisotopic (exact) mass is 401 g/mol. The Morgan fingerprint density at radius 2 is 2.15 bits per heavy atom. The molecule has 0 radical (unpaired) electrons. The first-order valence-electron chi connectivity index (χ1n) is 7.84. The zero-order chi connectivity index (χ0) is 18.8. The van der Waals surface area contributed by atoms with E-state index in [1.807, 2.05) is 6.07 Å². The minimum atomic E-state index is -0.508. The number of oxazole rings is 1. The van der Waals surface area contributed by atoms with Gasteiger partial charge in [0.1, 0.15) is 5.75 Å². The predicted octanol–water partition coefficient (Wildman–Crippen LogP) is 3.92. The minimum absolute atomic E-state index is 0.181. The number of carbonyl (C=O) groups excluding carboxylic acids is 1. The summed E-state index contributed by atoms with van der Waals surface area (Å²) >= 11 is 7.27. The van der Waals surface area contributed by atoms with Crippen molar-refractivity contribution in [3.05, 3.63) is 63.4 Å². The number of benzene rings is 2. The smallest absolute Gasteiger partial charge is 0.417 e. The second kappa shape index (κ2) is 7.26. The summed E-state index contributed by atoms with van der Waals surface area (Å²) in [5, 5.41) is 5.36. The molecule has 2 N–H and O–H groups in total. The third kappa shape index (κ3) is 3.86. The van der Waals surface area contributed by atoms with Crippen molar-refractivity contribution in [1.29, 1.82) is 0 Å². The maximum absolute atomic E-state index is 12.1. The van der Waals surface area contributed by atoms with Crippen LogP contribution in [-0.4, -0.2) is 22.5 Å². The van der Waals surface area contributed by atoms with Crippen LogP contribution < -0.4 is 15.8 Å². The van der Waals surface area contributed by atoms with E-state index in [-0.39, 0.29) is 12.5 Å². The molecule has 4 aromatic rings. The van der Waals surface area contributed by atoms with E-state index in [2.05, 4.69) is 15.3 Å². The highest BCUT2D eigenvalue weighted by Crippen LogP contribution is 2.27.